The standard InChI is InChI=1S/C11H9NO3/c1-7-6-8(4-5-12-7)9-2-3-10(15-9)11(13)14/h2-6H,1H3,(H,13,14). The minimum atomic E-state index is -1.06. The lowest BCUT2D eigenvalue weighted by atomic mass is 10.2. The summed E-state index contributed by atoms with van der Waals surface area (Å²) in [6.45, 7) is 1.87. The van der Waals surface area contributed by atoms with E-state index in [0.717, 1.165) is 11.3 Å². The topological polar surface area (TPSA) is 63.3 Å². The first kappa shape index (κ1) is 9.45. The maximum atomic E-state index is 10.6. The van der Waals surface area contributed by atoms with Crippen molar-refractivity contribution in [3.63, 3.8) is 0 Å². The highest BCUT2D eigenvalue weighted by molar-refractivity contribution is 5.85. The highest BCUT2D eigenvalue weighted by Crippen LogP contribution is 2.22. The Labute approximate surface area is 86.2 Å². The summed E-state index contributed by atoms with van der Waals surface area (Å²) in [6.07, 6.45) is 1.66. The zero-order chi connectivity index (χ0) is 10.8. The monoisotopic (exact) mass is 203 g/mol. The average molecular weight is 203 g/mol. The number of hydrogen-bond donors (Lipinski definition) is 1. The van der Waals surface area contributed by atoms with Gasteiger partial charge in [-0.25, -0.2) is 4.79 Å². The molecule has 0 saturated carbocycles. The molecular weight excluding hydrogens is 194 g/mol. The Bertz CT molecular complexity index is 502. The Balaban J connectivity index is 2.41. The summed E-state index contributed by atoms with van der Waals surface area (Å²) in [4.78, 5) is 14.7. The predicted molar refractivity (Wildman–Crippen MR) is 53.6 cm³/mol. The number of carboxylic acids is 1. The second-order valence-corrected chi connectivity index (χ2v) is 3.15. The molecule has 2 rings (SSSR count). The maximum absolute atomic E-state index is 10.6. The molecule has 15 heavy (non-hydrogen) atoms. The second kappa shape index (κ2) is 3.57. The van der Waals surface area contributed by atoms with E-state index in [-0.39, 0.29) is 5.76 Å². The summed E-state index contributed by atoms with van der Waals surface area (Å²) in [5.74, 6) is -0.579. The van der Waals surface area contributed by atoms with Crippen LogP contribution in [0.15, 0.2) is 34.9 Å². The smallest absolute Gasteiger partial charge is 0.371 e. The van der Waals surface area contributed by atoms with Crippen molar-refractivity contribution in [3.05, 3.63) is 41.9 Å². The number of aryl methyl sites for hydroxylation is 1. The van der Waals surface area contributed by atoms with Crippen LogP contribution >= 0.6 is 0 Å². The molecule has 0 unspecified atom stereocenters. The van der Waals surface area contributed by atoms with Gasteiger partial charge in [0.05, 0.1) is 0 Å². The SMILES string of the molecule is Cc1cc(-c2ccc(C(=O)O)o2)ccn1. The van der Waals surface area contributed by atoms with E-state index in [4.69, 9.17) is 9.52 Å². The van der Waals surface area contributed by atoms with E-state index in [0.29, 0.717) is 5.76 Å². The van der Waals surface area contributed by atoms with Crippen molar-refractivity contribution in [2.45, 2.75) is 6.92 Å². The lowest BCUT2D eigenvalue weighted by molar-refractivity contribution is 0.0663. The number of hydrogen-bond acceptors (Lipinski definition) is 3. The molecule has 0 radical (unpaired) electrons. The first-order chi connectivity index (χ1) is 7.16. The predicted octanol–water partition coefficient (Wildman–Crippen LogP) is 2.35. The Morgan fingerprint density at radius 3 is 2.80 bits per heavy atom. The van der Waals surface area contributed by atoms with Crippen LogP contribution in [0.2, 0.25) is 0 Å². The molecule has 0 spiro atoms. The van der Waals surface area contributed by atoms with Gasteiger partial charge in [0.1, 0.15) is 5.76 Å². The highest BCUT2D eigenvalue weighted by atomic mass is 16.4. The molecule has 0 fully saturated rings. The number of nitrogens with zero attached hydrogens (tertiary/aromatic N) is 1. The quantitative estimate of drug-likeness (QED) is 0.813. The third-order valence-electron chi connectivity index (χ3n) is 2.00. The molecule has 0 aliphatic rings. The van der Waals surface area contributed by atoms with Crippen LogP contribution in [0.25, 0.3) is 11.3 Å². The minimum Gasteiger partial charge on any atom is -0.475 e. The van der Waals surface area contributed by atoms with Gasteiger partial charge in [-0.1, -0.05) is 0 Å². The van der Waals surface area contributed by atoms with Gasteiger partial charge in [0.25, 0.3) is 0 Å². The van der Waals surface area contributed by atoms with E-state index in [1.54, 1.807) is 18.3 Å². The Morgan fingerprint density at radius 2 is 2.20 bits per heavy atom. The fourth-order valence-electron chi connectivity index (χ4n) is 1.31. The molecule has 2 aromatic rings. The third-order valence-corrected chi connectivity index (χ3v) is 2.00. The number of pyridine rings is 1. The molecule has 0 saturated heterocycles. The molecule has 4 heteroatoms. The van der Waals surface area contributed by atoms with Gasteiger partial charge >= 0.3 is 5.97 Å². The summed E-state index contributed by atoms with van der Waals surface area (Å²) in [5.41, 5.74) is 1.69. The molecule has 0 aliphatic heterocycles. The van der Waals surface area contributed by atoms with Crippen LogP contribution in [-0.4, -0.2) is 16.1 Å². The Hall–Kier alpha value is -2.10. The molecule has 0 aliphatic carbocycles. The minimum absolute atomic E-state index is 0.0561. The fourth-order valence-corrected chi connectivity index (χ4v) is 1.31. The van der Waals surface area contributed by atoms with E-state index in [1.807, 2.05) is 13.0 Å². The van der Waals surface area contributed by atoms with Crippen molar-refractivity contribution in [1.82, 2.24) is 4.98 Å². The second-order valence-electron chi connectivity index (χ2n) is 3.15. The Morgan fingerprint density at radius 1 is 1.40 bits per heavy atom. The Kier molecular flexibility index (Phi) is 2.25. The van der Waals surface area contributed by atoms with Crippen LogP contribution in [-0.2, 0) is 0 Å². The van der Waals surface area contributed by atoms with Crippen molar-refractivity contribution in [1.29, 1.82) is 0 Å². The molecule has 76 valence electrons. The summed E-state index contributed by atoms with van der Waals surface area (Å²) in [7, 11) is 0. The van der Waals surface area contributed by atoms with Crippen LogP contribution in [0.5, 0.6) is 0 Å². The number of carbonyl (C=O) groups is 1. The number of aromatic nitrogens is 1. The van der Waals surface area contributed by atoms with Gasteiger partial charge in [-0.2, -0.15) is 0 Å². The van der Waals surface area contributed by atoms with Gasteiger partial charge in [-0.05, 0) is 31.2 Å². The van der Waals surface area contributed by atoms with Crippen LogP contribution in [0.1, 0.15) is 16.2 Å². The van der Waals surface area contributed by atoms with Gasteiger partial charge in [0, 0.05) is 17.5 Å². The van der Waals surface area contributed by atoms with Gasteiger partial charge in [-0.15, -0.1) is 0 Å². The molecule has 4 nitrogen and oxygen atoms in total. The van der Waals surface area contributed by atoms with Gasteiger partial charge < -0.3 is 9.52 Å². The van der Waals surface area contributed by atoms with Crippen molar-refractivity contribution in [2.75, 3.05) is 0 Å². The lowest BCUT2D eigenvalue weighted by Crippen LogP contribution is -1.91. The zero-order valence-electron chi connectivity index (χ0n) is 8.10. The number of furan rings is 1. The molecule has 0 amide bonds. The summed E-state index contributed by atoms with van der Waals surface area (Å²) in [6, 6.07) is 6.69. The molecule has 1 N–H and O–H groups in total. The van der Waals surface area contributed by atoms with Gasteiger partial charge in [0.2, 0.25) is 5.76 Å². The zero-order valence-corrected chi connectivity index (χ0v) is 8.10. The molecule has 2 heterocycles. The normalized spacial score (nSPS) is 10.2. The van der Waals surface area contributed by atoms with E-state index in [2.05, 4.69) is 4.98 Å². The molecule has 0 bridgehead atoms. The van der Waals surface area contributed by atoms with E-state index in [9.17, 15) is 4.79 Å². The fraction of sp³-hybridized carbons (Fsp3) is 0.0909. The van der Waals surface area contributed by atoms with Crippen molar-refractivity contribution < 1.29 is 14.3 Å². The largest absolute Gasteiger partial charge is 0.475 e. The summed E-state index contributed by atoms with van der Waals surface area (Å²) < 4.78 is 5.16. The van der Waals surface area contributed by atoms with E-state index < -0.39 is 5.97 Å². The highest BCUT2D eigenvalue weighted by Gasteiger charge is 2.10. The van der Waals surface area contributed by atoms with Gasteiger partial charge in [-0.3, -0.25) is 4.98 Å². The number of rotatable bonds is 2. The third kappa shape index (κ3) is 1.88. The summed E-state index contributed by atoms with van der Waals surface area (Å²) in [5, 5.41) is 8.69. The van der Waals surface area contributed by atoms with Crippen molar-refractivity contribution in [2.24, 2.45) is 0 Å². The van der Waals surface area contributed by atoms with Crippen LogP contribution in [0.3, 0.4) is 0 Å². The van der Waals surface area contributed by atoms with Crippen molar-refractivity contribution in [3.8, 4) is 11.3 Å². The number of carboxylic acid groups (broad SMARTS) is 1. The number of aromatic carboxylic acids is 1. The van der Waals surface area contributed by atoms with Crippen LogP contribution < -0.4 is 0 Å². The molecular formula is C11H9NO3. The first-order valence-electron chi connectivity index (χ1n) is 4.43. The lowest BCUT2D eigenvalue weighted by Gasteiger charge is -1.97. The first-order valence-corrected chi connectivity index (χ1v) is 4.43. The van der Waals surface area contributed by atoms with Crippen molar-refractivity contribution >= 4 is 5.97 Å². The molecule has 0 atom stereocenters. The van der Waals surface area contributed by atoms with E-state index in [1.165, 1.54) is 6.07 Å². The van der Waals surface area contributed by atoms with Crippen LogP contribution in [0.4, 0.5) is 0 Å². The van der Waals surface area contributed by atoms with Gasteiger partial charge in [0.15, 0.2) is 0 Å². The molecule has 0 aromatic carbocycles. The maximum Gasteiger partial charge on any atom is 0.371 e. The summed E-state index contributed by atoms with van der Waals surface area (Å²) >= 11 is 0. The van der Waals surface area contributed by atoms with E-state index >= 15 is 0 Å². The molecule has 2 aromatic heterocycles. The average Bonchev–Trinajstić information content (AvgIpc) is 2.66. The van der Waals surface area contributed by atoms with Crippen LogP contribution in [0, 0.1) is 6.92 Å².